The van der Waals surface area contributed by atoms with Crippen molar-refractivity contribution in [2.75, 3.05) is 0 Å². The van der Waals surface area contributed by atoms with E-state index >= 15 is 0 Å². The van der Waals surface area contributed by atoms with E-state index in [4.69, 9.17) is 5.26 Å². The molecule has 0 radical (unpaired) electrons. The maximum Gasteiger partial charge on any atom is 0.202 e. The standard InChI is InChI=1S/C18H11N7S/c19-12-13-9-10-16(22-21-13)26-18-24-23-17(15-8-4-5-11-20-15)25(18)14-6-2-1-3-7-14/h1-11H. The van der Waals surface area contributed by atoms with Gasteiger partial charge in [0.05, 0.1) is 0 Å². The van der Waals surface area contributed by atoms with Crippen molar-refractivity contribution in [3.63, 3.8) is 0 Å². The summed E-state index contributed by atoms with van der Waals surface area (Å²) in [6.07, 6.45) is 1.72. The van der Waals surface area contributed by atoms with E-state index < -0.39 is 0 Å². The molecular formula is C18H11N7S. The van der Waals surface area contributed by atoms with Crippen LogP contribution in [0.4, 0.5) is 0 Å². The lowest BCUT2D eigenvalue weighted by Gasteiger charge is -2.09. The summed E-state index contributed by atoms with van der Waals surface area (Å²) >= 11 is 1.32. The maximum absolute atomic E-state index is 8.85. The molecule has 0 aliphatic rings. The first-order valence-electron chi connectivity index (χ1n) is 7.69. The Morgan fingerprint density at radius 2 is 1.69 bits per heavy atom. The molecule has 0 N–H and O–H groups in total. The van der Waals surface area contributed by atoms with E-state index in [0.29, 0.717) is 16.0 Å². The van der Waals surface area contributed by atoms with Crippen LogP contribution in [0.5, 0.6) is 0 Å². The quantitative estimate of drug-likeness (QED) is 0.554. The van der Waals surface area contributed by atoms with Crippen LogP contribution in [0.25, 0.3) is 17.2 Å². The number of pyridine rings is 1. The van der Waals surface area contributed by atoms with Gasteiger partial charge >= 0.3 is 0 Å². The number of hydrogen-bond acceptors (Lipinski definition) is 7. The van der Waals surface area contributed by atoms with Gasteiger partial charge in [0.1, 0.15) is 16.8 Å². The molecule has 0 aliphatic carbocycles. The van der Waals surface area contributed by atoms with Gasteiger partial charge in [-0.05, 0) is 48.2 Å². The van der Waals surface area contributed by atoms with Crippen LogP contribution in [0, 0.1) is 11.3 Å². The first kappa shape index (κ1) is 15.9. The fourth-order valence-electron chi connectivity index (χ4n) is 2.33. The van der Waals surface area contributed by atoms with E-state index in [9.17, 15) is 0 Å². The average molecular weight is 357 g/mol. The van der Waals surface area contributed by atoms with E-state index in [-0.39, 0.29) is 5.69 Å². The van der Waals surface area contributed by atoms with Crippen molar-refractivity contribution >= 4 is 11.8 Å². The number of rotatable bonds is 4. The molecule has 4 rings (SSSR count). The normalized spacial score (nSPS) is 10.4. The van der Waals surface area contributed by atoms with Crippen molar-refractivity contribution in [1.29, 1.82) is 5.26 Å². The van der Waals surface area contributed by atoms with Crippen LogP contribution in [-0.4, -0.2) is 29.9 Å². The average Bonchev–Trinajstić information content (AvgIpc) is 3.13. The highest BCUT2D eigenvalue weighted by Gasteiger charge is 2.18. The van der Waals surface area contributed by atoms with Crippen LogP contribution >= 0.6 is 11.8 Å². The van der Waals surface area contributed by atoms with E-state index in [1.165, 1.54) is 11.8 Å². The predicted molar refractivity (Wildman–Crippen MR) is 95.5 cm³/mol. The van der Waals surface area contributed by atoms with Crippen molar-refractivity contribution in [3.8, 4) is 23.3 Å². The largest absolute Gasteiger partial charge is 0.268 e. The molecule has 124 valence electrons. The van der Waals surface area contributed by atoms with Crippen LogP contribution in [0.3, 0.4) is 0 Å². The second-order valence-electron chi connectivity index (χ2n) is 5.16. The fourth-order valence-corrected chi connectivity index (χ4v) is 3.10. The van der Waals surface area contributed by atoms with Crippen molar-refractivity contribution in [1.82, 2.24) is 29.9 Å². The molecule has 0 atom stereocenters. The summed E-state index contributed by atoms with van der Waals surface area (Å²) in [7, 11) is 0. The second-order valence-corrected chi connectivity index (χ2v) is 6.15. The van der Waals surface area contributed by atoms with Gasteiger partial charge in [-0.2, -0.15) is 5.26 Å². The molecule has 4 aromatic rings. The summed E-state index contributed by atoms with van der Waals surface area (Å²) in [6.45, 7) is 0. The molecule has 0 spiro atoms. The Bertz CT molecular complexity index is 1050. The van der Waals surface area contributed by atoms with E-state index in [2.05, 4.69) is 25.4 Å². The topological polar surface area (TPSA) is 93.2 Å². The van der Waals surface area contributed by atoms with Gasteiger partial charge in [-0.25, -0.2) is 0 Å². The molecule has 1 aromatic carbocycles. The van der Waals surface area contributed by atoms with Crippen LogP contribution in [0.2, 0.25) is 0 Å². The highest BCUT2D eigenvalue weighted by Crippen LogP contribution is 2.30. The number of benzene rings is 1. The molecule has 0 amide bonds. The van der Waals surface area contributed by atoms with Gasteiger partial charge in [0, 0.05) is 11.9 Å². The Hall–Kier alpha value is -3.57. The lowest BCUT2D eigenvalue weighted by Crippen LogP contribution is -2.00. The van der Waals surface area contributed by atoms with Crippen molar-refractivity contribution in [2.24, 2.45) is 0 Å². The zero-order chi connectivity index (χ0) is 17.8. The molecule has 26 heavy (non-hydrogen) atoms. The smallest absolute Gasteiger partial charge is 0.202 e. The van der Waals surface area contributed by atoms with Gasteiger partial charge in [0.25, 0.3) is 0 Å². The van der Waals surface area contributed by atoms with Gasteiger partial charge < -0.3 is 0 Å². The molecule has 0 saturated heterocycles. The number of aromatic nitrogens is 6. The minimum absolute atomic E-state index is 0.271. The van der Waals surface area contributed by atoms with E-state index in [0.717, 1.165) is 11.4 Å². The van der Waals surface area contributed by atoms with Gasteiger partial charge in [0.2, 0.25) is 5.16 Å². The summed E-state index contributed by atoms with van der Waals surface area (Å²) in [5.74, 6) is 0.640. The summed E-state index contributed by atoms with van der Waals surface area (Å²) in [4.78, 5) is 4.38. The number of para-hydroxylation sites is 1. The first-order chi connectivity index (χ1) is 12.8. The lowest BCUT2D eigenvalue weighted by atomic mass is 10.3. The zero-order valence-electron chi connectivity index (χ0n) is 13.4. The molecule has 0 fully saturated rings. The number of nitrogens with zero attached hydrogens (tertiary/aromatic N) is 7. The van der Waals surface area contributed by atoms with E-state index in [1.807, 2.05) is 59.2 Å². The lowest BCUT2D eigenvalue weighted by molar-refractivity contribution is 0.867. The first-order valence-corrected chi connectivity index (χ1v) is 8.51. The molecule has 0 unspecified atom stereocenters. The molecule has 0 saturated carbocycles. The fraction of sp³-hybridized carbons (Fsp3) is 0. The highest BCUT2D eigenvalue weighted by molar-refractivity contribution is 7.99. The Morgan fingerprint density at radius 3 is 2.38 bits per heavy atom. The Morgan fingerprint density at radius 1 is 0.846 bits per heavy atom. The number of nitriles is 1. The Balaban J connectivity index is 1.79. The third-order valence-corrected chi connectivity index (χ3v) is 4.37. The Kier molecular flexibility index (Phi) is 4.37. The van der Waals surface area contributed by atoms with Crippen molar-refractivity contribution in [2.45, 2.75) is 10.2 Å². The molecule has 3 heterocycles. The van der Waals surface area contributed by atoms with Crippen molar-refractivity contribution < 1.29 is 0 Å². The molecular weight excluding hydrogens is 346 g/mol. The van der Waals surface area contributed by atoms with Gasteiger partial charge in [-0.15, -0.1) is 20.4 Å². The molecule has 8 heteroatoms. The zero-order valence-corrected chi connectivity index (χ0v) is 14.2. The van der Waals surface area contributed by atoms with Crippen molar-refractivity contribution in [3.05, 3.63) is 72.6 Å². The molecule has 7 nitrogen and oxygen atoms in total. The van der Waals surface area contributed by atoms with Crippen LogP contribution in [0.15, 0.2) is 77.0 Å². The summed E-state index contributed by atoms with van der Waals surface area (Å²) in [6, 6.07) is 20.8. The summed E-state index contributed by atoms with van der Waals surface area (Å²) < 4.78 is 1.92. The number of hydrogen-bond donors (Lipinski definition) is 0. The van der Waals surface area contributed by atoms with Gasteiger partial charge in [0.15, 0.2) is 11.5 Å². The molecule has 3 aromatic heterocycles. The van der Waals surface area contributed by atoms with Crippen LogP contribution in [-0.2, 0) is 0 Å². The maximum atomic E-state index is 8.85. The SMILES string of the molecule is N#Cc1ccc(Sc2nnc(-c3ccccn3)n2-c2ccccc2)nn1. The third-order valence-electron chi connectivity index (χ3n) is 3.49. The van der Waals surface area contributed by atoms with Crippen LogP contribution < -0.4 is 0 Å². The summed E-state index contributed by atoms with van der Waals surface area (Å²) in [5, 5.41) is 26.7. The minimum atomic E-state index is 0.271. The molecule has 0 bridgehead atoms. The van der Waals surface area contributed by atoms with E-state index in [1.54, 1.807) is 18.3 Å². The molecule has 0 aliphatic heterocycles. The van der Waals surface area contributed by atoms with Gasteiger partial charge in [-0.1, -0.05) is 24.3 Å². The van der Waals surface area contributed by atoms with Crippen LogP contribution in [0.1, 0.15) is 5.69 Å². The second kappa shape index (κ2) is 7.13. The van der Waals surface area contributed by atoms with Gasteiger partial charge in [-0.3, -0.25) is 9.55 Å². The monoisotopic (exact) mass is 357 g/mol. The third kappa shape index (κ3) is 3.16. The highest BCUT2D eigenvalue weighted by atomic mass is 32.2. The Labute approximate surface area is 153 Å². The summed E-state index contributed by atoms with van der Waals surface area (Å²) in [5.41, 5.74) is 1.91. The minimum Gasteiger partial charge on any atom is -0.268 e. The predicted octanol–water partition coefficient (Wildman–Crippen LogP) is 3.14.